The molecule has 0 aliphatic rings. The third-order valence-electron chi connectivity index (χ3n) is 3.33. The lowest BCUT2D eigenvalue weighted by Crippen LogP contribution is -2.52. The maximum absolute atomic E-state index is 12.4. The number of carbonyl (C=O) groups is 2. The summed E-state index contributed by atoms with van der Waals surface area (Å²) in [6.45, 7) is 4.62. The Balaban J connectivity index is 2.97. The van der Waals surface area contributed by atoms with Crippen molar-refractivity contribution in [2.24, 2.45) is 5.92 Å². The van der Waals surface area contributed by atoms with E-state index >= 15 is 0 Å². The standard InChI is InChI=1S/C15H22N2O6S/c1-9(2)13(14(18)16-10(3)15(19)20)17-24(21,22)12-7-5-11(23-4)6-8-12/h5-10,13,17H,1-4H3,(H,16,18)(H,19,20). The molecule has 0 saturated carbocycles. The molecule has 1 rings (SSSR count). The summed E-state index contributed by atoms with van der Waals surface area (Å²) in [5.41, 5.74) is 0. The lowest BCUT2D eigenvalue weighted by Gasteiger charge is -2.22. The highest BCUT2D eigenvalue weighted by atomic mass is 32.2. The topological polar surface area (TPSA) is 122 Å². The molecule has 1 aromatic rings. The van der Waals surface area contributed by atoms with Crippen LogP contribution in [0.4, 0.5) is 0 Å². The van der Waals surface area contributed by atoms with E-state index in [1.165, 1.54) is 38.3 Å². The Morgan fingerprint density at radius 2 is 1.67 bits per heavy atom. The normalized spacial score (nSPS) is 14.0. The molecule has 0 saturated heterocycles. The lowest BCUT2D eigenvalue weighted by molar-refractivity contribution is -0.141. The van der Waals surface area contributed by atoms with E-state index in [1.807, 2.05) is 0 Å². The zero-order chi connectivity index (χ0) is 18.5. The molecule has 0 aliphatic carbocycles. The van der Waals surface area contributed by atoms with Gasteiger partial charge in [-0.1, -0.05) is 13.8 Å². The van der Waals surface area contributed by atoms with Gasteiger partial charge in [0.05, 0.1) is 12.0 Å². The summed E-state index contributed by atoms with van der Waals surface area (Å²) in [5.74, 6) is -1.78. The molecular weight excluding hydrogens is 336 g/mol. The minimum Gasteiger partial charge on any atom is -0.497 e. The first-order valence-electron chi connectivity index (χ1n) is 7.28. The van der Waals surface area contributed by atoms with Gasteiger partial charge in [-0.15, -0.1) is 0 Å². The van der Waals surface area contributed by atoms with Crippen LogP contribution in [0.15, 0.2) is 29.2 Å². The number of hydrogen-bond acceptors (Lipinski definition) is 5. The number of methoxy groups -OCH3 is 1. The van der Waals surface area contributed by atoms with Crippen molar-refractivity contribution in [2.45, 2.75) is 37.8 Å². The van der Waals surface area contributed by atoms with Crippen LogP contribution in [0.1, 0.15) is 20.8 Å². The maximum Gasteiger partial charge on any atom is 0.325 e. The van der Waals surface area contributed by atoms with Crippen molar-refractivity contribution in [1.82, 2.24) is 10.0 Å². The van der Waals surface area contributed by atoms with Crippen LogP contribution < -0.4 is 14.8 Å². The average Bonchev–Trinajstić information content (AvgIpc) is 2.52. The fraction of sp³-hybridized carbons (Fsp3) is 0.467. The van der Waals surface area contributed by atoms with Crippen molar-refractivity contribution in [3.8, 4) is 5.75 Å². The first-order valence-corrected chi connectivity index (χ1v) is 8.76. The second-order valence-corrected chi connectivity index (χ2v) is 7.30. The van der Waals surface area contributed by atoms with Gasteiger partial charge in [0.1, 0.15) is 17.8 Å². The van der Waals surface area contributed by atoms with E-state index in [4.69, 9.17) is 9.84 Å². The van der Waals surface area contributed by atoms with E-state index in [9.17, 15) is 18.0 Å². The first-order chi connectivity index (χ1) is 11.1. The third-order valence-corrected chi connectivity index (χ3v) is 4.79. The van der Waals surface area contributed by atoms with Crippen LogP contribution in [0.2, 0.25) is 0 Å². The van der Waals surface area contributed by atoms with Crippen molar-refractivity contribution < 1.29 is 27.9 Å². The summed E-state index contributed by atoms with van der Waals surface area (Å²) in [7, 11) is -2.48. The molecule has 9 heteroatoms. The average molecular weight is 358 g/mol. The largest absolute Gasteiger partial charge is 0.497 e. The number of sulfonamides is 1. The second kappa shape index (κ2) is 8.11. The van der Waals surface area contributed by atoms with Gasteiger partial charge in [-0.2, -0.15) is 4.72 Å². The lowest BCUT2D eigenvalue weighted by atomic mass is 10.0. The zero-order valence-electron chi connectivity index (χ0n) is 13.9. The molecule has 0 spiro atoms. The van der Waals surface area contributed by atoms with E-state index in [2.05, 4.69) is 10.0 Å². The number of nitrogens with one attached hydrogen (secondary N) is 2. The summed E-state index contributed by atoms with van der Waals surface area (Å²) < 4.78 is 32.1. The van der Waals surface area contributed by atoms with Crippen LogP contribution in [0.5, 0.6) is 5.75 Å². The molecule has 1 aromatic carbocycles. The molecule has 8 nitrogen and oxygen atoms in total. The molecule has 0 heterocycles. The molecular formula is C15H22N2O6S. The third kappa shape index (κ3) is 5.20. The summed E-state index contributed by atoms with van der Waals surface area (Å²) in [6, 6.07) is 3.48. The first kappa shape index (κ1) is 19.9. The predicted octanol–water partition coefficient (Wildman–Crippen LogP) is 0.587. The van der Waals surface area contributed by atoms with Crippen molar-refractivity contribution in [1.29, 1.82) is 0 Å². The highest BCUT2D eigenvalue weighted by Crippen LogP contribution is 2.16. The molecule has 3 N–H and O–H groups in total. The van der Waals surface area contributed by atoms with Crippen LogP contribution in [-0.2, 0) is 19.6 Å². The van der Waals surface area contributed by atoms with E-state index < -0.39 is 34.0 Å². The monoisotopic (exact) mass is 358 g/mol. The summed E-state index contributed by atoms with van der Waals surface area (Å²) in [5, 5.41) is 11.1. The fourth-order valence-electron chi connectivity index (χ4n) is 1.85. The number of amides is 1. The molecule has 0 aromatic heterocycles. The molecule has 1 amide bonds. The Labute approximate surface area is 141 Å². The minimum absolute atomic E-state index is 0.0203. The second-order valence-electron chi connectivity index (χ2n) is 5.59. The minimum atomic E-state index is -3.94. The van der Waals surface area contributed by atoms with E-state index in [-0.39, 0.29) is 10.8 Å². The molecule has 2 atom stereocenters. The van der Waals surface area contributed by atoms with E-state index in [0.29, 0.717) is 5.75 Å². The molecule has 0 aliphatic heterocycles. The van der Waals surface area contributed by atoms with Crippen molar-refractivity contribution >= 4 is 21.9 Å². The van der Waals surface area contributed by atoms with E-state index in [0.717, 1.165) is 0 Å². The van der Waals surface area contributed by atoms with Crippen LogP contribution in [-0.4, -0.2) is 44.6 Å². The van der Waals surface area contributed by atoms with Gasteiger partial charge < -0.3 is 15.2 Å². The smallest absolute Gasteiger partial charge is 0.325 e. The summed E-state index contributed by atoms with van der Waals surface area (Å²) in [4.78, 5) is 23.0. The van der Waals surface area contributed by atoms with Gasteiger partial charge in [-0.25, -0.2) is 8.42 Å². The summed E-state index contributed by atoms with van der Waals surface area (Å²) in [6.07, 6.45) is 0. The molecule has 134 valence electrons. The number of benzene rings is 1. The molecule has 24 heavy (non-hydrogen) atoms. The highest BCUT2D eigenvalue weighted by molar-refractivity contribution is 7.89. The Morgan fingerprint density at radius 1 is 1.12 bits per heavy atom. The molecule has 2 unspecified atom stereocenters. The van der Waals surface area contributed by atoms with Crippen LogP contribution >= 0.6 is 0 Å². The number of carboxylic acids is 1. The number of ether oxygens (including phenoxy) is 1. The van der Waals surface area contributed by atoms with Gasteiger partial charge in [0.25, 0.3) is 0 Å². The van der Waals surface area contributed by atoms with Gasteiger partial charge in [0, 0.05) is 0 Å². The predicted molar refractivity (Wildman–Crippen MR) is 87.2 cm³/mol. The number of aliphatic carboxylic acids is 1. The quantitative estimate of drug-likeness (QED) is 0.625. The van der Waals surface area contributed by atoms with Gasteiger partial charge >= 0.3 is 5.97 Å². The van der Waals surface area contributed by atoms with Gasteiger partial charge in [-0.05, 0) is 37.1 Å². The van der Waals surface area contributed by atoms with Crippen LogP contribution in [0, 0.1) is 5.92 Å². The SMILES string of the molecule is COc1ccc(S(=O)(=O)NC(C(=O)NC(C)C(=O)O)C(C)C)cc1. The van der Waals surface area contributed by atoms with Crippen molar-refractivity contribution in [3.05, 3.63) is 24.3 Å². The maximum atomic E-state index is 12.4. The van der Waals surface area contributed by atoms with Crippen LogP contribution in [0.3, 0.4) is 0 Å². The Morgan fingerprint density at radius 3 is 2.08 bits per heavy atom. The number of carboxylic acid groups (broad SMARTS) is 1. The fourth-order valence-corrected chi connectivity index (χ4v) is 3.19. The Bertz CT molecular complexity index is 684. The van der Waals surface area contributed by atoms with Crippen molar-refractivity contribution in [3.63, 3.8) is 0 Å². The summed E-state index contributed by atoms with van der Waals surface area (Å²) >= 11 is 0. The molecule has 0 fully saturated rings. The Hall–Kier alpha value is -2.13. The molecule has 0 bridgehead atoms. The van der Waals surface area contributed by atoms with Gasteiger partial charge in [0.2, 0.25) is 15.9 Å². The Kier molecular flexibility index (Phi) is 6.73. The number of carbonyl (C=O) groups excluding carboxylic acids is 1. The van der Waals surface area contributed by atoms with Crippen molar-refractivity contribution in [2.75, 3.05) is 7.11 Å². The zero-order valence-corrected chi connectivity index (χ0v) is 14.8. The van der Waals surface area contributed by atoms with Gasteiger partial charge in [0.15, 0.2) is 0 Å². The highest BCUT2D eigenvalue weighted by Gasteiger charge is 2.30. The molecule has 0 radical (unpaired) electrons. The number of rotatable bonds is 8. The van der Waals surface area contributed by atoms with Gasteiger partial charge in [-0.3, -0.25) is 9.59 Å². The van der Waals surface area contributed by atoms with Crippen LogP contribution in [0.25, 0.3) is 0 Å². The number of hydrogen-bond donors (Lipinski definition) is 3. The van der Waals surface area contributed by atoms with E-state index in [1.54, 1.807) is 13.8 Å².